The van der Waals surface area contributed by atoms with Crippen molar-refractivity contribution >= 4 is 41.0 Å². The normalized spacial score (nSPS) is 16.8. The van der Waals surface area contributed by atoms with Crippen molar-refractivity contribution in [3.8, 4) is 0 Å². The molecule has 4 amide bonds. The average molecular weight is 756 g/mol. The minimum atomic E-state index is -1.60. The molecule has 1 fully saturated rings. The number of hydrogen-bond donors (Lipinski definition) is 5. The molecule has 53 heavy (non-hydrogen) atoms. The lowest BCUT2D eigenvalue weighted by molar-refractivity contribution is -0.135. The minimum absolute atomic E-state index is 0.00686. The van der Waals surface area contributed by atoms with Gasteiger partial charge in [-0.05, 0) is 55.6 Å². The third-order valence-corrected chi connectivity index (χ3v) is 9.40. The predicted molar refractivity (Wildman–Crippen MR) is 205 cm³/mol. The highest BCUT2D eigenvalue weighted by Gasteiger charge is 2.38. The van der Waals surface area contributed by atoms with Crippen LogP contribution in [0.3, 0.4) is 0 Å². The van der Waals surface area contributed by atoms with Gasteiger partial charge < -0.3 is 31.1 Å². The monoisotopic (exact) mass is 755 g/mol. The Bertz CT molecular complexity index is 1470. The molecule has 0 radical (unpaired) electrons. The number of aryl methyl sites for hydroxylation is 1. The number of benzene rings is 2. The first kappa shape index (κ1) is 43.6. The predicted octanol–water partition coefficient (Wildman–Crippen LogP) is 2.78. The summed E-state index contributed by atoms with van der Waals surface area (Å²) in [6, 6.07) is 14.7. The van der Waals surface area contributed by atoms with Gasteiger partial charge in [-0.15, -0.1) is 11.6 Å². The zero-order valence-electron chi connectivity index (χ0n) is 31.7. The van der Waals surface area contributed by atoms with Gasteiger partial charge in [0.1, 0.15) is 23.0 Å². The molecule has 2 aromatic carbocycles. The van der Waals surface area contributed by atoms with E-state index in [1.165, 1.54) is 6.92 Å². The molecular formula is C40H58ClN5O7. The topological polar surface area (TPSA) is 166 Å². The third-order valence-electron chi connectivity index (χ3n) is 9.09. The van der Waals surface area contributed by atoms with Crippen LogP contribution in [0.4, 0.5) is 0 Å². The number of amides is 4. The van der Waals surface area contributed by atoms with Gasteiger partial charge in [0.2, 0.25) is 23.6 Å². The lowest BCUT2D eigenvalue weighted by Crippen LogP contribution is -2.59. The number of morpholine rings is 1. The molecule has 0 unspecified atom stereocenters. The number of carbonyl (C=O) groups is 5. The molecule has 0 spiro atoms. The lowest BCUT2D eigenvalue weighted by Gasteiger charge is -2.30. The highest BCUT2D eigenvalue weighted by molar-refractivity contribution is 6.36. The van der Waals surface area contributed by atoms with Crippen LogP contribution in [-0.4, -0.2) is 108 Å². The Balaban J connectivity index is 1.84. The highest BCUT2D eigenvalue weighted by Crippen LogP contribution is 2.20. The number of rotatable bonds is 21. The van der Waals surface area contributed by atoms with E-state index in [0.29, 0.717) is 39.1 Å². The van der Waals surface area contributed by atoms with Crippen LogP contribution in [0.5, 0.6) is 0 Å². The number of aliphatic hydroxyl groups excluding tert-OH is 1. The van der Waals surface area contributed by atoms with Crippen LogP contribution in [0.2, 0.25) is 0 Å². The smallest absolute Gasteiger partial charge is 0.243 e. The first-order valence-electron chi connectivity index (χ1n) is 18.6. The fourth-order valence-corrected chi connectivity index (χ4v) is 6.28. The van der Waals surface area contributed by atoms with Gasteiger partial charge in [-0.2, -0.15) is 0 Å². The summed E-state index contributed by atoms with van der Waals surface area (Å²) >= 11 is 6.33. The number of hydrogen-bond acceptors (Lipinski definition) is 8. The zero-order chi connectivity index (χ0) is 39.0. The molecule has 292 valence electrons. The van der Waals surface area contributed by atoms with Crippen LogP contribution in [0, 0.1) is 11.8 Å². The number of halogens is 1. The van der Waals surface area contributed by atoms with Gasteiger partial charge in [0.25, 0.3) is 0 Å². The molecule has 3 rings (SSSR count). The van der Waals surface area contributed by atoms with Crippen LogP contribution in [0.15, 0.2) is 60.7 Å². The van der Waals surface area contributed by atoms with Crippen molar-refractivity contribution in [2.24, 2.45) is 11.8 Å². The van der Waals surface area contributed by atoms with Crippen molar-refractivity contribution in [1.29, 1.82) is 0 Å². The van der Waals surface area contributed by atoms with Gasteiger partial charge in [0.15, 0.2) is 5.78 Å². The van der Waals surface area contributed by atoms with Crippen LogP contribution in [-0.2, 0) is 41.6 Å². The fourth-order valence-electron chi connectivity index (χ4n) is 6.15. The van der Waals surface area contributed by atoms with Crippen molar-refractivity contribution in [3.05, 3.63) is 71.8 Å². The Morgan fingerprint density at radius 2 is 1.23 bits per heavy atom. The standard InChI is InChI=1S/C40H58ClN5O7/c1-27(2)22-32(36(49)40(5,41)26-47)43-39(52)34(24-30-14-10-7-11-15-30)45-38(51)33(23-28(3)4)44-37(50)31(17-16-29-12-8-6-9-13-29)42-35(48)25-46-18-20-53-21-19-46/h6-15,27-28,31-34,47H,16-26H2,1-5H3,(H,42,48)(H,43,52)(H,44,50)(H,45,51)/t31-,32-,33-,34-,40+/m0/s1. The molecule has 0 aliphatic carbocycles. The maximum Gasteiger partial charge on any atom is 0.243 e. The van der Waals surface area contributed by atoms with Crippen LogP contribution in [0.25, 0.3) is 0 Å². The van der Waals surface area contributed by atoms with E-state index in [2.05, 4.69) is 21.3 Å². The molecule has 5 atom stereocenters. The van der Waals surface area contributed by atoms with E-state index >= 15 is 0 Å². The summed E-state index contributed by atoms with van der Waals surface area (Å²) in [7, 11) is 0. The SMILES string of the molecule is CC(C)C[C@H](NC(=O)[C@H](CCc1ccccc1)NC(=O)CN1CCOCC1)C(=O)N[C@@H](Cc1ccccc1)C(=O)N[C@@H](CC(C)C)C(=O)[C@](C)(Cl)CO. The second-order valence-corrected chi connectivity index (χ2v) is 15.7. The number of ketones is 1. The van der Waals surface area contributed by atoms with Gasteiger partial charge in [-0.25, -0.2) is 0 Å². The van der Waals surface area contributed by atoms with Crippen LogP contribution >= 0.6 is 11.6 Å². The van der Waals surface area contributed by atoms with Crippen molar-refractivity contribution in [1.82, 2.24) is 26.2 Å². The second-order valence-electron chi connectivity index (χ2n) is 14.9. The van der Waals surface area contributed by atoms with E-state index in [4.69, 9.17) is 16.3 Å². The summed E-state index contributed by atoms with van der Waals surface area (Å²) in [5.74, 6) is -2.52. The van der Waals surface area contributed by atoms with E-state index in [-0.39, 0.29) is 43.6 Å². The lowest BCUT2D eigenvalue weighted by atomic mass is 9.92. The van der Waals surface area contributed by atoms with Crippen LogP contribution in [0.1, 0.15) is 65.0 Å². The Kier molecular flexibility index (Phi) is 17.9. The van der Waals surface area contributed by atoms with Crippen LogP contribution < -0.4 is 21.3 Å². The minimum Gasteiger partial charge on any atom is -0.394 e. The van der Waals surface area contributed by atoms with E-state index < -0.39 is 59.2 Å². The number of nitrogens with one attached hydrogen (secondary N) is 4. The zero-order valence-corrected chi connectivity index (χ0v) is 32.5. The van der Waals surface area contributed by atoms with E-state index in [0.717, 1.165) is 11.1 Å². The number of carbonyl (C=O) groups excluding carboxylic acids is 5. The fraction of sp³-hybridized carbons (Fsp3) is 0.575. The molecule has 2 aromatic rings. The van der Waals surface area contributed by atoms with Crippen molar-refractivity contribution in [3.63, 3.8) is 0 Å². The summed E-state index contributed by atoms with van der Waals surface area (Å²) in [6.07, 6.45) is 1.47. The maximum atomic E-state index is 14.1. The molecule has 1 saturated heterocycles. The molecule has 1 heterocycles. The van der Waals surface area contributed by atoms with Crippen molar-refractivity contribution in [2.75, 3.05) is 39.5 Å². The maximum absolute atomic E-state index is 14.1. The number of nitrogens with zero attached hydrogens (tertiary/aromatic N) is 1. The summed E-state index contributed by atoms with van der Waals surface area (Å²) in [4.78, 5) is 68.8. The van der Waals surface area contributed by atoms with Gasteiger partial charge >= 0.3 is 0 Å². The Labute approximate surface area is 319 Å². The molecule has 1 aliphatic rings. The molecule has 0 bridgehead atoms. The number of aliphatic hydroxyl groups is 1. The first-order valence-corrected chi connectivity index (χ1v) is 19.0. The van der Waals surface area contributed by atoms with Crippen molar-refractivity contribution < 1.29 is 33.8 Å². The second kappa shape index (κ2) is 21.8. The Morgan fingerprint density at radius 3 is 1.79 bits per heavy atom. The first-order chi connectivity index (χ1) is 25.2. The summed E-state index contributed by atoms with van der Waals surface area (Å²) in [5, 5.41) is 21.2. The number of ether oxygens (including phenoxy) is 1. The summed E-state index contributed by atoms with van der Waals surface area (Å²) in [5.41, 5.74) is 1.77. The Morgan fingerprint density at radius 1 is 0.736 bits per heavy atom. The van der Waals surface area contributed by atoms with Gasteiger partial charge in [-0.3, -0.25) is 28.9 Å². The molecular weight excluding hydrogens is 698 g/mol. The largest absolute Gasteiger partial charge is 0.394 e. The van der Waals surface area contributed by atoms with Gasteiger partial charge in [0.05, 0.1) is 32.4 Å². The molecule has 12 nitrogen and oxygen atoms in total. The molecule has 0 aromatic heterocycles. The highest BCUT2D eigenvalue weighted by atomic mass is 35.5. The van der Waals surface area contributed by atoms with Gasteiger partial charge in [0, 0.05) is 19.5 Å². The summed E-state index contributed by atoms with van der Waals surface area (Å²) < 4.78 is 5.39. The van der Waals surface area contributed by atoms with Crippen molar-refractivity contribution in [2.45, 2.75) is 95.8 Å². The van der Waals surface area contributed by atoms with E-state index in [1.54, 1.807) is 0 Å². The summed E-state index contributed by atoms with van der Waals surface area (Å²) in [6.45, 7) is 10.8. The Hall–Kier alpha value is -3.84. The quantitative estimate of drug-likeness (QED) is 0.121. The molecule has 1 aliphatic heterocycles. The van der Waals surface area contributed by atoms with E-state index in [1.807, 2.05) is 93.3 Å². The van der Waals surface area contributed by atoms with E-state index in [9.17, 15) is 29.1 Å². The number of alkyl halides is 1. The third kappa shape index (κ3) is 15.2. The molecule has 5 N–H and O–H groups in total. The molecule has 0 saturated carbocycles. The average Bonchev–Trinajstić information content (AvgIpc) is 3.12. The molecule has 13 heteroatoms. The number of Topliss-reactive ketones (excluding diaryl/α,β-unsaturated/α-hetero) is 1. The van der Waals surface area contributed by atoms with Gasteiger partial charge in [-0.1, -0.05) is 88.4 Å².